The van der Waals surface area contributed by atoms with E-state index < -0.39 is 0 Å². The quantitative estimate of drug-likeness (QED) is 0.297. The average Bonchev–Trinajstić information content (AvgIpc) is 3.42. The minimum absolute atomic E-state index is 0. The van der Waals surface area contributed by atoms with E-state index in [4.69, 9.17) is 18.9 Å². The molecule has 0 aliphatic heterocycles. The Morgan fingerprint density at radius 1 is 1.21 bits per heavy atom. The molecule has 0 radical (unpaired) electrons. The molecule has 2 aromatic rings. The number of rotatable bonds is 10. The van der Waals surface area contributed by atoms with E-state index in [1.54, 1.807) is 20.5 Å². The Bertz CT molecular complexity index is 700. The van der Waals surface area contributed by atoms with Crippen LogP contribution in [-0.2, 0) is 17.7 Å². The highest BCUT2D eigenvalue weighted by molar-refractivity contribution is 14.0. The number of halogens is 1. The van der Waals surface area contributed by atoms with Crippen LogP contribution in [-0.4, -0.2) is 39.4 Å². The third-order valence-electron chi connectivity index (χ3n) is 4.68. The van der Waals surface area contributed by atoms with Crippen molar-refractivity contribution in [1.82, 2.24) is 10.6 Å². The molecule has 7 heteroatoms. The second-order valence-electron chi connectivity index (χ2n) is 6.81. The molecule has 1 aromatic heterocycles. The fraction of sp³-hybridized carbons (Fsp3) is 0.476. The number of aliphatic imine (C=N–C) groups is 1. The maximum atomic E-state index is 5.40. The van der Waals surface area contributed by atoms with Crippen molar-refractivity contribution in [2.45, 2.75) is 31.8 Å². The summed E-state index contributed by atoms with van der Waals surface area (Å²) in [4.78, 5) is 4.77. The first-order valence-corrected chi connectivity index (χ1v) is 9.47. The number of benzene rings is 1. The lowest BCUT2D eigenvalue weighted by Gasteiger charge is -2.21. The molecular weight excluding hydrogens is 469 g/mol. The molecule has 1 saturated carbocycles. The second kappa shape index (κ2) is 12.0. The summed E-state index contributed by atoms with van der Waals surface area (Å²) in [6.07, 6.45) is 5.01. The highest BCUT2D eigenvalue weighted by Gasteiger charge is 2.31. The van der Waals surface area contributed by atoms with Crippen LogP contribution in [0.4, 0.5) is 0 Å². The van der Waals surface area contributed by atoms with Gasteiger partial charge >= 0.3 is 0 Å². The molecule has 0 spiro atoms. The summed E-state index contributed by atoms with van der Waals surface area (Å²) in [5, 5.41) is 6.97. The van der Waals surface area contributed by atoms with Gasteiger partial charge in [0, 0.05) is 20.1 Å². The third-order valence-corrected chi connectivity index (χ3v) is 4.68. The summed E-state index contributed by atoms with van der Waals surface area (Å²) in [6.45, 7) is 2.04. The first-order chi connectivity index (χ1) is 13.3. The van der Waals surface area contributed by atoms with E-state index >= 15 is 0 Å². The van der Waals surface area contributed by atoms with E-state index in [2.05, 4.69) is 10.6 Å². The predicted molar refractivity (Wildman–Crippen MR) is 121 cm³/mol. The van der Waals surface area contributed by atoms with E-state index in [9.17, 15) is 0 Å². The van der Waals surface area contributed by atoms with Gasteiger partial charge in [0.15, 0.2) is 5.96 Å². The van der Waals surface area contributed by atoms with Crippen LogP contribution in [0.25, 0.3) is 0 Å². The van der Waals surface area contributed by atoms with Crippen LogP contribution in [0.3, 0.4) is 0 Å². The minimum Gasteiger partial charge on any atom is -0.497 e. The molecule has 1 heterocycles. The Morgan fingerprint density at radius 3 is 2.61 bits per heavy atom. The Morgan fingerprint density at radius 2 is 2.00 bits per heavy atom. The lowest BCUT2D eigenvalue weighted by Crippen LogP contribution is -2.47. The SMILES string of the molecule is COCC(NC(=NCc1ccc(OC)cc1)NCCc1ccco1)C1CC1.I. The predicted octanol–water partition coefficient (Wildman–Crippen LogP) is 3.61. The van der Waals surface area contributed by atoms with Gasteiger partial charge in [-0.25, -0.2) is 4.99 Å². The minimum atomic E-state index is 0. The van der Waals surface area contributed by atoms with Gasteiger partial charge in [-0.1, -0.05) is 12.1 Å². The molecule has 1 atom stereocenters. The van der Waals surface area contributed by atoms with Crippen molar-refractivity contribution < 1.29 is 13.9 Å². The number of nitrogens with zero attached hydrogens (tertiary/aromatic N) is 1. The van der Waals surface area contributed by atoms with Gasteiger partial charge in [0.05, 0.1) is 32.6 Å². The van der Waals surface area contributed by atoms with Gasteiger partial charge < -0.3 is 24.5 Å². The van der Waals surface area contributed by atoms with Gasteiger partial charge in [-0.3, -0.25) is 0 Å². The van der Waals surface area contributed by atoms with E-state index in [1.165, 1.54) is 12.8 Å². The van der Waals surface area contributed by atoms with Crippen LogP contribution < -0.4 is 15.4 Å². The zero-order valence-corrected chi connectivity index (χ0v) is 18.8. The summed E-state index contributed by atoms with van der Waals surface area (Å²) in [6, 6.07) is 12.2. The zero-order valence-electron chi connectivity index (χ0n) is 16.5. The number of guanidine groups is 1. The summed E-state index contributed by atoms with van der Waals surface area (Å²) < 4.78 is 16.0. The fourth-order valence-electron chi connectivity index (χ4n) is 2.96. The Balaban J connectivity index is 0.00000280. The van der Waals surface area contributed by atoms with Crippen molar-refractivity contribution in [3.05, 3.63) is 54.0 Å². The second-order valence-corrected chi connectivity index (χ2v) is 6.81. The fourth-order valence-corrected chi connectivity index (χ4v) is 2.96. The van der Waals surface area contributed by atoms with Gasteiger partial charge in [0.2, 0.25) is 0 Å². The number of ether oxygens (including phenoxy) is 2. The smallest absolute Gasteiger partial charge is 0.191 e. The van der Waals surface area contributed by atoms with Crippen LogP contribution in [0.1, 0.15) is 24.2 Å². The molecule has 1 fully saturated rings. The first kappa shape index (κ1) is 22.5. The maximum absolute atomic E-state index is 5.40. The molecule has 1 unspecified atom stereocenters. The topological polar surface area (TPSA) is 68.0 Å². The number of furan rings is 1. The van der Waals surface area contributed by atoms with Gasteiger partial charge in [-0.05, 0) is 48.6 Å². The third kappa shape index (κ3) is 7.35. The molecule has 28 heavy (non-hydrogen) atoms. The van der Waals surface area contributed by atoms with E-state index in [0.717, 1.165) is 36.0 Å². The highest BCUT2D eigenvalue weighted by atomic mass is 127. The van der Waals surface area contributed by atoms with Crippen LogP contribution >= 0.6 is 24.0 Å². The first-order valence-electron chi connectivity index (χ1n) is 9.47. The highest BCUT2D eigenvalue weighted by Crippen LogP contribution is 2.32. The molecule has 0 bridgehead atoms. The largest absolute Gasteiger partial charge is 0.497 e. The summed E-state index contributed by atoms with van der Waals surface area (Å²) in [7, 11) is 3.42. The van der Waals surface area contributed by atoms with Crippen LogP contribution in [0, 0.1) is 5.92 Å². The molecule has 2 N–H and O–H groups in total. The standard InChI is InChI=1S/C21H29N3O3.HI/c1-25-15-20(17-7-8-17)24-21(22-12-11-19-4-3-13-27-19)23-14-16-5-9-18(26-2)10-6-16;/h3-6,9-10,13,17,20H,7-8,11-12,14-15H2,1-2H3,(H2,22,23,24);1H. The summed E-state index contributed by atoms with van der Waals surface area (Å²) >= 11 is 0. The van der Waals surface area contributed by atoms with Gasteiger partial charge in [0.1, 0.15) is 11.5 Å². The molecule has 0 amide bonds. The summed E-state index contributed by atoms with van der Waals surface area (Å²) in [5.41, 5.74) is 1.14. The molecule has 1 aliphatic carbocycles. The van der Waals surface area contributed by atoms with Crippen molar-refractivity contribution in [2.24, 2.45) is 10.9 Å². The number of hydrogen-bond acceptors (Lipinski definition) is 4. The van der Waals surface area contributed by atoms with Crippen LogP contribution in [0.5, 0.6) is 5.75 Å². The number of nitrogens with one attached hydrogen (secondary N) is 2. The van der Waals surface area contributed by atoms with E-state index in [-0.39, 0.29) is 24.0 Å². The lowest BCUT2D eigenvalue weighted by molar-refractivity contribution is 0.165. The van der Waals surface area contributed by atoms with Gasteiger partial charge in [-0.15, -0.1) is 24.0 Å². The molecule has 3 rings (SSSR count). The van der Waals surface area contributed by atoms with Gasteiger partial charge in [0.25, 0.3) is 0 Å². The summed E-state index contributed by atoms with van der Waals surface area (Å²) in [5.74, 6) is 3.30. The van der Waals surface area contributed by atoms with E-state index in [1.807, 2.05) is 36.4 Å². The van der Waals surface area contributed by atoms with Crippen molar-refractivity contribution in [3.63, 3.8) is 0 Å². The molecule has 154 valence electrons. The molecule has 1 aromatic carbocycles. The normalized spacial score (nSPS) is 14.9. The van der Waals surface area contributed by atoms with Gasteiger partial charge in [-0.2, -0.15) is 0 Å². The molecular formula is C21H30IN3O3. The molecule has 1 aliphatic rings. The van der Waals surface area contributed by atoms with Crippen molar-refractivity contribution in [1.29, 1.82) is 0 Å². The Hall–Kier alpha value is -1.74. The van der Waals surface area contributed by atoms with Crippen LogP contribution in [0.2, 0.25) is 0 Å². The van der Waals surface area contributed by atoms with Crippen molar-refractivity contribution in [2.75, 3.05) is 27.4 Å². The number of methoxy groups -OCH3 is 2. The molecule has 6 nitrogen and oxygen atoms in total. The van der Waals surface area contributed by atoms with Crippen molar-refractivity contribution >= 4 is 29.9 Å². The Kier molecular flexibility index (Phi) is 9.63. The average molecular weight is 499 g/mol. The van der Waals surface area contributed by atoms with E-state index in [0.29, 0.717) is 25.1 Å². The van der Waals surface area contributed by atoms with Crippen LogP contribution in [0.15, 0.2) is 52.1 Å². The maximum Gasteiger partial charge on any atom is 0.191 e. The zero-order chi connectivity index (χ0) is 18.9. The number of hydrogen-bond donors (Lipinski definition) is 2. The Labute approximate surface area is 184 Å². The molecule has 0 saturated heterocycles. The lowest BCUT2D eigenvalue weighted by atomic mass is 10.2. The monoisotopic (exact) mass is 499 g/mol. The van der Waals surface area contributed by atoms with Crippen molar-refractivity contribution in [3.8, 4) is 5.75 Å².